The third-order valence-corrected chi connectivity index (χ3v) is 1.34. The van der Waals surface area contributed by atoms with Crippen molar-refractivity contribution in [3.05, 3.63) is 54.6 Å². The lowest BCUT2D eigenvalue weighted by Crippen LogP contribution is -1.66. The van der Waals surface area contributed by atoms with Crippen LogP contribution in [0.15, 0.2) is 49.1 Å². The van der Waals surface area contributed by atoms with Crippen LogP contribution in [0.1, 0.15) is 5.56 Å². The molecule has 0 N–H and O–H groups in total. The third-order valence-electron chi connectivity index (χ3n) is 1.34. The van der Waals surface area contributed by atoms with Gasteiger partial charge in [0, 0.05) is 0 Å². The highest BCUT2D eigenvalue weighted by molar-refractivity contribution is 5.52. The lowest BCUT2D eigenvalue weighted by atomic mass is 10.2. The maximum Gasteiger partial charge on any atom is -0.0109 e. The predicted molar refractivity (Wildman–Crippen MR) is 53.4 cm³/mol. The van der Waals surface area contributed by atoms with E-state index in [0.29, 0.717) is 0 Å². The van der Waals surface area contributed by atoms with Crippen molar-refractivity contribution in [2.75, 3.05) is 0 Å². The van der Waals surface area contributed by atoms with E-state index < -0.39 is 0 Å². The van der Waals surface area contributed by atoms with Gasteiger partial charge in [0.1, 0.15) is 0 Å². The van der Waals surface area contributed by atoms with Gasteiger partial charge in [-0.2, -0.15) is 0 Å². The van der Waals surface area contributed by atoms with Gasteiger partial charge in [-0.05, 0) is 23.8 Å². The Kier molecular flexibility index (Phi) is 3.47. The van der Waals surface area contributed by atoms with E-state index >= 15 is 0 Å². The molecule has 0 heterocycles. The van der Waals surface area contributed by atoms with Crippen LogP contribution in [0.25, 0.3) is 6.08 Å². The number of benzene rings is 1. The molecule has 0 amide bonds. The normalized spacial score (nSPS) is 9.00. The van der Waals surface area contributed by atoms with Gasteiger partial charge in [0.2, 0.25) is 0 Å². The first kappa shape index (κ1) is 8.36. The van der Waals surface area contributed by atoms with Gasteiger partial charge in [0.05, 0.1) is 0 Å². The Bertz CT molecular complexity index is 320. The summed E-state index contributed by atoms with van der Waals surface area (Å²) in [5.74, 6) is 5.58. The van der Waals surface area contributed by atoms with Crippen molar-refractivity contribution in [1.29, 1.82) is 0 Å². The highest BCUT2D eigenvalue weighted by atomic mass is 13.8. The molecule has 0 aliphatic rings. The second-order valence-electron chi connectivity index (χ2n) is 2.24. The van der Waals surface area contributed by atoms with Crippen molar-refractivity contribution in [1.82, 2.24) is 0 Å². The van der Waals surface area contributed by atoms with Gasteiger partial charge < -0.3 is 0 Å². The Labute approximate surface area is 73.2 Å². The summed E-state index contributed by atoms with van der Waals surface area (Å²) < 4.78 is 0. The van der Waals surface area contributed by atoms with E-state index in [-0.39, 0.29) is 0 Å². The summed E-state index contributed by atoms with van der Waals surface area (Å²) in [5, 5.41) is 0. The first-order chi connectivity index (χ1) is 5.93. The summed E-state index contributed by atoms with van der Waals surface area (Å²) in [5.41, 5.74) is 1.16. The van der Waals surface area contributed by atoms with Crippen molar-refractivity contribution in [3.8, 4) is 11.8 Å². The molecular weight excluding hydrogens is 144 g/mol. The van der Waals surface area contributed by atoms with Crippen LogP contribution in [-0.2, 0) is 0 Å². The third kappa shape index (κ3) is 2.90. The molecule has 1 aromatic carbocycles. The number of rotatable bonds is 1. The minimum absolute atomic E-state index is 1.16. The Morgan fingerprint density at radius 1 is 1.08 bits per heavy atom. The fraction of sp³-hybridized carbons (Fsp3) is 0. The highest BCUT2D eigenvalue weighted by Crippen LogP contribution is 1.99. The molecule has 0 heteroatoms. The largest absolute Gasteiger partial charge is 0.0906 e. The molecule has 58 valence electrons. The SMILES string of the molecule is C=CC#C/C=C/c1ccccc1. The van der Waals surface area contributed by atoms with Gasteiger partial charge in [-0.15, -0.1) is 0 Å². The Hall–Kier alpha value is -1.74. The zero-order chi connectivity index (χ0) is 8.65. The molecule has 0 nitrogen and oxygen atoms in total. The second-order valence-corrected chi connectivity index (χ2v) is 2.24. The molecule has 0 unspecified atom stereocenters. The molecule has 0 saturated carbocycles. The molecule has 1 rings (SSSR count). The number of hydrogen-bond acceptors (Lipinski definition) is 0. The Morgan fingerprint density at radius 2 is 1.83 bits per heavy atom. The molecule has 0 atom stereocenters. The van der Waals surface area contributed by atoms with Crippen LogP contribution < -0.4 is 0 Å². The molecule has 0 aliphatic carbocycles. The minimum Gasteiger partial charge on any atom is -0.0906 e. The molecule has 0 bridgehead atoms. The number of allylic oxidation sites excluding steroid dienone is 2. The molecule has 12 heavy (non-hydrogen) atoms. The standard InChI is InChI=1S/C12H10/c1-2-3-4-6-9-12-10-7-5-8-11-12/h2,5-11H,1H2/b9-6+. The molecule has 0 aromatic heterocycles. The van der Waals surface area contributed by atoms with Crippen LogP contribution in [0.2, 0.25) is 0 Å². The van der Waals surface area contributed by atoms with Crippen LogP contribution >= 0.6 is 0 Å². The highest BCUT2D eigenvalue weighted by Gasteiger charge is 1.78. The fourth-order valence-corrected chi connectivity index (χ4v) is 0.809. The van der Waals surface area contributed by atoms with E-state index in [4.69, 9.17) is 0 Å². The molecule has 0 aliphatic heterocycles. The van der Waals surface area contributed by atoms with Gasteiger partial charge in [0.25, 0.3) is 0 Å². The van der Waals surface area contributed by atoms with Crippen molar-refractivity contribution >= 4 is 6.08 Å². The zero-order valence-corrected chi connectivity index (χ0v) is 6.83. The van der Waals surface area contributed by atoms with Crippen molar-refractivity contribution in [3.63, 3.8) is 0 Å². The lowest BCUT2D eigenvalue weighted by Gasteiger charge is -1.86. The van der Waals surface area contributed by atoms with E-state index in [2.05, 4.69) is 18.4 Å². The molecule has 1 aromatic rings. The zero-order valence-electron chi connectivity index (χ0n) is 6.83. The fourth-order valence-electron chi connectivity index (χ4n) is 0.809. The second kappa shape index (κ2) is 4.98. The van der Waals surface area contributed by atoms with Crippen molar-refractivity contribution in [2.45, 2.75) is 0 Å². The van der Waals surface area contributed by atoms with Crippen molar-refractivity contribution in [2.24, 2.45) is 0 Å². The van der Waals surface area contributed by atoms with Gasteiger partial charge in [-0.1, -0.05) is 48.8 Å². The predicted octanol–water partition coefficient (Wildman–Crippen LogP) is 2.89. The molecule has 0 saturated heterocycles. The lowest BCUT2D eigenvalue weighted by molar-refractivity contribution is 1.66. The van der Waals surface area contributed by atoms with E-state index in [0.717, 1.165) is 5.56 Å². The van der Waals surface area contributed by atoms with Gasteiger partial charge >= 0.3 is 0 Å². The monoisotopic (exact) mass is 154 g/mol. The summed E-state index contributed by atoms with van der Waals surface area (Å²) in [6, 6.07) is 10.1. The summed E-state index contributed by atoms with van der Waals surface area (Å²) in [6.45, 7) is 3.50. The summed E-state index contributed by atoms with van der Waals surface area (Å²) >= 11 is 0. The van der Waals surface area contributed by atoms with E-state index in [1.54, 1.807) is 6.08 Å². The average Bonchev–Trinajstić information content (AvgIpc) is 2.14. The molecule has 0 fully saturated rings. The Morgan fingerprint density at radius 3 is 2.50 bits per heavy atom. The molecule has 0 radical (unpaired) electrons. The summed E-state index contributed by atoms with van der Waals surface area (Å²) in [7, 11) is 0. The molecular formula is C12H10. The molecule has 0 spiro atoms. The quantitative estimate of drug-likeness (QED) is 0.545. The first-order valence-corrected chi connectivity index (χ1v) is 3.77. The average molecular weight is 154 g/mol. The van der Waals surface area contributed by atoms with Crippen LogP contribution in [0, 0.1) is 11.8 Å². The first-order valence-electron chi connectivity index (χ1n) is 3.77. The van der Waals surface area contributed by atoms with Crippen molar-refractivity contribution < 1.29 is 0 Å². The van der Waals surface area contributed by atoms with Crippen LogP contribution in [0.5, 0.6) is 0 Å². The smallest absolute Gasteiger partial charge is 0.0109 e. The van der Waals surface area contributed by atoms with E-state index in [1.165, 1.54) is 0 Å². The minimum atomic E-state index is 1.16. The van der Waals surface area contributed by atoms with E-state index in [9.17, 15) is 0 Å². The van der Waals surface area contributed by atoms with E-state index in [1.807, 2.05) is 42.5 Å². The van der Waals surface area contributed by atoms with Crippen LogP contribution in [0.4, 0.5) is 0 Å². The topological polar surface area (TPSA) is 0 Å². The van der Waals surface area contributed by atoms with Gasteiger partial charge in [-0.3, -0.25) is 0 Å². The Balaban J connectivity index is 2.64. The summed E-state index contributed by atoms with van der Waals surface area (Å²) in [6.07, 6.45) is 5.36. The number of hydrogen-bond donors (Lipinski definition) is 0. The maximum absolute atomic E-state index is 3.50. The van der Waals surface area contributed by atoms with Crippen LogP contribution in [0.3, 0.4) is 0 Å². The summed E-state index contributed by atoms with van der Waals surface area (Å²) in [4.78, 5) is 0. The van der Waals surface area contributed by atoms with Gasteiger partial charge in [-0.25, -0.2) is 0 Å². The maximum atomic E-state index is 3.50. The van der Waals surface area contributed by atoms with Gasteiger partial charge in [0.15, 0.2) is 0 Å². The van der Waals surface area contributed by atoms with Crippen LogP contribution in [-0.4, -0.2) is 0 Å².